The van der Waals surface area contributed by atoms with Crippen LogP contribution >= 0.6 is 12.2 Å². The summed E-state index contributed by atoms with van der Waals surface area (Å²) in [5, 5.41) is 4.78. The lowest BCUT2D eigenvalue weighted by atomic mass is 10.3. The first-order valence-corrected chi connectivity index (χ1v) is 11.1. The van der Waals surface area contributed by atoms with Crippen LogP contribution in [0.4, 0.5) is 4.79 Å². The van der Waals surface area contributed by atoms with E-state index in [1.165, 1.54) is 0 Å². The Morgan fingerprint density at radius 3 is 2.31 bits per heavy atom. The summed E-state index contributed by atoms with van der Waals surface area (Å²) in [6.07, 6.45) is -0.252. The second-order valence-electron chi connectivity index (χ2n) is 7.42. The van der Waals surface area contributed by atoms with Crippen LogP contribution < -0.4 is 4.74 Å². The molecule has 0 bridgehead atoms. The van der Waals surface area contributed by atoms with E-state index in [4.69, 9.17) is 26.8 Å². The largest absolute Gasteiger partial charge is 0.486 e. The van der Waals surface area contributed by atoms with Gasteiger partial charge in [-0.15, -0.1) is 0 Å². The molecule has 0 N–H and O–H groups in total. The van der Waals surface area contributed by atoms with Crippen LogP contribution in [0.2, 0.25) is 0 Å². The molecule has 0 aliphatic carbocycles. The van der Waals surface area contributed by atoms with E-state index in [1.54, 1.807) is 4.90 Å². The van der Waals surface area contributed by atoms with Crippen molar-refractivity contribution in [2.24, 2.45) is 0 Å². The van der Waals surface area contributed by atoms with Gasteiger partial charge < -0.3 is 14.4 Å². The number of nitrogens with zero attached hydrogens (tertiary/aromatic N) is 5. The van der Waals surface area contributed by atoms with E-state index in [1.807, 2.05) is 76.8 Å². The number of rotatable bonds is 7. The fourth-order valence-electron chi connectivity index (χ4n) is 3.62. The maximum absolute atomic E-state index is 11.9. The van der Waals surface area contributed by atoms with E-state index in [-0.39, 0.29) is 6.09 Å². The number of benzene rings is 2. The van der Waals surface area contributed by atoms with Crippen molar-refractivity contribution in [1.82, 2.24) is 24.1 Å². The predicted octanol–water partition coefficient (Wildman–Crippen LogP) is 3.71. The number of ether oxygens (including phenoxy) is 2. The zero-order valence-corrected chi connectivity index (χ0v) is 18.9. The Kier molecular flexibility index (Phi) is 7.18. The molecule has 0 radical (unpaired) electrons. The van der Waals surface area contributed by atoms with Crippen LogP contribution in [-0.4, -0.2) is 63.0 Å². The minimum Gasteiger partial charge on any atom is -0.486 e. The molecule has 0 spiro atoms. The van der Waals surface area contributed by atoms with E-state index in [0.717, 1.165) is 30.4 Å². The molecule has 8 nitrogen and oxygen atoms in total. The minimum atomic E-state index is -0.252. The Morgan fingerprint density at radius 2 is 1.66 bits per heavy atom. The molecule has 2 aromatic carbocycles. The summed E-state index contributed by atoms with van der Waals surface area (Å²) in [6, 6.07) is 19.6. The van der Waals surface area contributed by atoms with Gasteiger partial charge >= 0.3 is 6.09 Å². The standard InChI is InChI=1S/C23H27N5O3S/c1-2-30-23(29)26-15-13-25(14-16-26)18-27-22(32)28(19-9-5-3-6-10-19)21(24-27)17-31-20-11-7-4-8-12-20/h3-12H,2,13-18H2,1H3. The van der Waals surface area contributed by atoms with Crippen LogP contribution in [0.25, 0.3) is 5.69 Å². The number of carbonyl (C=O) groups is 1. The topological polar surface area (TPSA) is 64.8 Å². The number of carbonyl (C=O) groups excluding carboxylic acids is 1. The first-order valence-electron chi connectivity index (χ1n) is 10.7. The highest BCUT2D eigenvalue weighted by Gasteiger charge is 2.23. The molecule has 0 atom stereocenters. The SMILES string of the molecule is CCOC(=O)N1CCN(Cn2nc(COc3ccccc3)n(-c3ccccc3)c2=S)CC1. The van der Waals surface area contributed by atoms with Gasteiger partial charge in [0.05, 0.1) is 13.3 Å². The third-order valence-electron chi connectivity index (χ3n) is 5.26. The zero-order valence-electron chi connectivity index (χ0n) is 18.1. The van der Waals surface area contributed by atoms with Gasteiger partial charge in [0.25, 0.3) is 0 Å². The highest BCUT2D eigenvalue weighted by molar-refractivity contribution is 7.71. The Morgan fingerprint density at radius 1 is 1.00 bits per heavy atom. The third kappa shape index (κ3) is 5.17. The molecule has 1 fully saturated rings. The van der Waals surface area contributed by atoms with E-state index in [0.29, 0.717) is 37.7 Å². The molecule has 0 saturated carbocycles. The average molecular weight is 454 g/mol. The van der Waals surface area contributed by atoms with E-state index < -0.39 is 0 Å². The fourth-order valence-corrected chi connectivity index (χ4v) is 3.92. The lowest BCUT2D eigenvalue weighted by Gasteiger charge is -2.33. The Bertz CT molecular complexity index is 1080. The van der Waals surface area contributed by atoms with E-state index in [2.05, 4.69) is 4.90 Å². The van der Waals surface area contributed by atoms with E-state index in [9.17, 15) is 4.79 Å². The molecule has 1 saturated heterocycles. The lowest BCUT2D eigenvalue weighted by Crippen LogP contribution is -2.49. The summed E-state index contributed by atoms with van der Waals surface area (Å²) in [6.45, 7) is 5.76. The molecule has 1 aliphatic rings. The second kappa shape index (κ2) is 10.4. The molecule has 4 rings (SSSR count). The van der Waals surface area contributed by atoms with Crippen molar-refractivity contribution < 1.29 is 14.3 Å². The third-order valence-corrected chi connectivity index (χ3v) is 5.66. The van der Waals surface area contributed by atoms with Gasteiger partial charge in [0.15, 0.2) is 5.82 Å². The maximum atomic E-state index is 11.9. The van der Waals surface area contributed by atoms with Crippen molar-refractivity contribution in [3.63, 3.8) is 0 Å². The van der Waals surface area contributed by atoms with Crippen LogP contribution in [-0.2, 0) is 18.0 Å². The number of para-hydroxylation sites is 2. The molecule has 3 aromatic rings. The van der Waals surface area contributed by atoms with Crippen molar-refractivity contribution in [2.45, 2.75) is 20.2 Å². The molecule has 168 valence electrons. The van der Waals surface area contributed by atoms with Crippen LogP contribution in [0.3, 0.4) is 0 Å². The van der Waals surface area contributed by atoms with E-state index >= 15 is 0 Å². The van der Waals surface area contributed by atoms with Gasteiger partial charge in [0, 0.05) is 31.9 Å². The first-order chi connectivity index (χ1) is 15.7. The molecule has 0 unspecified atom stereocenters. The lowest BCUT2D eigenvalue weighted by molar-refractivity contribution is 0.0690. The monoisotopic (exact) mass is 453 g/mol. The Balaban J connectivity index is 1.51. The van der Waals surface area contributed by atoms with Crippen molar-refractivity contribution in [3.8, 4) is 11.4 Å². The molecule has 1 aliphatic heterocycles. The number of aromatic nitrogens is 3. The fraction of sp³-hybridized carbons (Fsp3) is 0.348. The average Bonchev–Trinajstić information content (AvgIpc) is 3.14. The molecule has 9 heteroatoms. The van der Waals surface area contributed by atoms with Gasteiger partial charge in [0.1, 0.15) is 12.4 Å². The molecular weight excluding hydrogens is 426 g/mol. The second-order valence-corrected chi connectivity index (χ2v) is 7.78. The van der Waals surface area contributed by atoms with Gasteiger partial charge in [-0.1, -0.05) is 36.4 Å². The van der Waals surface area contributed by atoms with Crippen molar-refractivity contribution in [2.75, 3.05) is 32.8 Å². The highest BCUT2D eigenvalue weighted by atomic mass is 32.1. The van der Waals surface area contributed by atoms with Gasteiger partial charge in [-0.2, -0.15) is 5.10 Å². The zero-order chi connectivity index (χ0) is 22.3. The summed E-state index contributed by atoms with van der Waals surface area (Å²) >= 11 is 5.79. The predicted molar refractivity (Wildman–Crippen MR) is 123 cm³/mol. The minimum absolute atomic E-state index is 0.252. The van der Waals surface area contributed by atoms with Crippen LogP contribution in [0.5, 0.6) is 5.75 Å². The quantitative estimate of drug-likeness (QED) is 0.508. The summed E-state index contributed by atoms with van der Waals surface area (Å²) in [4.78, 5) is 15.9. The summed E-state index contributed by atoms with van der Waals surface area (Å²) in [5.41, 5.74) is 0.947. The molecular formula is C23H27N5O3S. The normalized spacial score (nSPS) is 14.3. The van der Waals surface area contributed by atoms with Crippen molar-refractivity contribution >= 4 is 18.3 Å². The van der Waals surface area contributed by atoms with Crippen LogP contribution in [0.15, 0.2) is 60.7 Å². The van der Waals surface area contributed by atoms with Crippen LogP contribution in [0, 0.1) is 4.77 Å². The maximum Gasteiger partial charge on any atom is 0.409 e. The first kappa shape index (κ1) is 22.0. The summed E-state index contributed by atoms with van der Waals surface area (Å²) in [5.74, 6) is 1.51. The van der Waals surface area contributed by atoms with Gasteiger partial charge in [-0.05, 0) is 43.4 Å². The summed E-state index contributed by atoms with van der Waals surface area (Å²) in [7, 11) is 0. The number of amides is 1. The molecule has 1 amide bonds. The number of hydrogen-bond acceptors (Lipinski definition) is 6. The number of hydrogen-bond donors (Lipinski definition) is 0. The Hall–Kier alpha value is -3.17. The molecule has 2 heterocycles. The Labute approximate surface area is 192 Å². The summed E-state index contributed by atoms with van der Waals surface area (Å²) < 4.78 is 15.4. The smallest absolute Gasteiger partial charge is 0.409 e. The highest BCUT2D eigenvalue weighted by Crippen LogP contribution is 2.17. The molecule has 1 aromatic heterocycles. The number of piperazine rings is 1. The molecule has 32 heavy (non-hydrogen) atoms. The van der Waals surface area contributed by atoms with Gasteiger partial charge in [-0.3, -0.25) is 9.47 Å². The van der Waals surface area contributed by atoms with Gasteiger partial charge in [-0.25, -0.2) is 9.48 Å². The van der Waals surface area contributed by atoms with Crippen molar-refractivity contribution in [1.29, 1.82) is 0 Å². The van der Waals surface area contributed by atoms with Gasteiger partial charge in [0.2, 0.25) is 4.77 Å². The van der Waals surface area contributed by atoms with Crippen LogP contribution in [0.1, 0.15) is 12.7 Å². The van der Waals surface area contributed by atoms with Crippen molar-refractivity contribution in [3.05, 3.63) is 71.3 Å².